The zero-order valence-corrected chi connectivity index (χ0v) is 24.6. The van der Waals surface area contributed by atoms with E-state index in [-0.39, 0.29) is 47.7 Å². The number of hydrogen-bond donors (Lipinski definition) is 4. The molecule has 0 bridgehead atoms. The average molecular weight is 671 g/mol. The van der Waals surface area contributed by atoms with E-state index in [0.717, 1.165) is 16.8 Å². The summed E-state index contributed by atoms with van der Waals surface area (Å²) in [5.74, 6) is -7.42. The third-order valence-corrected chi connectivity index (χ3v) is 8.47. The van der Waals surface area contributed by atoms with Crippen molar-refractivity contribution in [1.82, 2.24) is 40.9 Å². The SMILES string of the molecule is O=C(N[C@@H]1CCO[C@]12O[C@H](CO)[C@H](O)[C@H](n1cc(-c3cc(F)c(F)c(F)c3)nn1)[C@H]2OCc1nn[nH]n1)c1ccc(F)c2ccccc12. The molecule has 7 rings (SSSR count). The normalized spacial score (nSPS) is 25.6. The Morgan fingerprint density at radius 2 is 1.85 bits per heavy atom. The molecule has 18 heteroatoms. The fraction of sp³-hybridized carbons (Fsp3) is 0.333. The Morgan fingerprint density at radius 1 is 1.08 bits per heavy atom. The van der Waals surface area contributed by atoms with E-state index < -0.39 is 72.0 Å². The lowest BCUT2D eigenvalue weighted by Crippen LogP contribution is -2.69. The van der Waals surface area contributed by atoms with Crippen molar-refractivity contribution in [3.63, 3.8) is 0 Å². The van der Waals surface area contributed by atoms with Crippen LogP contribution in [-0.2, 0) is 20.8 Å². The summed E-state index contributed by atoms with van der Waals surface area (Å²) in [5, 5.41) is 46.9. The van der Waals surface area contributed by atoms with E-state index in [1.165, 1.54) is 18.3 Å². The number of aliphatic hydroxyl groups is 2. The lowest BCUT2D eigenvalue weighted by atomic mass is 9.86. The molecule has 14 nitrogen and oxygen atoms in total. The molecule has 6 atom stereocenters. The Bertz CT molecular complexity index is 1940. The minimum atomic E-state index is -1.88. The number of tetrazole rings is 1. The molecule has 1 spiro atoms. The summed E-state index contributed by atoms with van der Waals surface area (Å²) in [6.07, 6.45) is -2.79. The van der Waals surface area contributed by atoms with Crippen LogP contribution >= 0.6 is 0 Å². The molecule has 48 heavy (non-hydrogen) atoms. The highest BCUT2D eigenvalue weighted by molar-refractivity contribution is 6.07. The summed E-state index contributed by atoms with van der Waals surface area (Å²) in [7, 11) is 0. The number of halogens is 4. The predicted octanol–water partition coefficient (Wildman–Crippen LogP) is 1.96. The van der Waals surface area contributed by atoms with Crippen LogP contribution in [0.1, 0.15) is 28.6 Å². The van der Waals surface area contributed by atoms with Gasteiger partial charge in [-0.15, -0.1) is 15.3 Å². The largest absolute Gasteiger partial charge is 0.394 e. The molecule has 2 saturated heterocycles. The van der Waals surface area contributed by atoms with Crippen LogP contribution in [0.15, 0.2) is 54.7 Å². The number of nitrogens with zero attached hydrogens (tertiary/aromatic N) is 6. The Morgan fingerprint density at radius 3 is 2.58 bits per heavy atom. The van der Waals surface area contributed by atoms with Gasteiger partial charge in [0.05, 0.1) is 25.5 Å². The number of amides is 1. The van der Waals surface area contributed by atoms with Crippen molar-refractivity contribution in [2.24, 2.45) is 0 Å². The molecule has 2 aromatic heterocycles. The van der Waals surface area contributed by atoms with Crippen molar-refractivity contribution in [2.45, 2.75) is 49.2 Å². The van der Waals surface area contributed by atoms with Crippen molar-refractivity contribution >= 4 is 16.7 Å². The summed E-state index contributed by atoms with van der Waals surface area (Å²) in [6, 6.07) is 8.23. The van der Waals surface area contributed by atoms with Gasteiger partial charge >= 0.3 is 0 Å². The third kappa shape index (κ3) is 5.46. The van der Waals surface area contributed by atoms with Crippen LogP contribution in [0.3, 0.4) is 0 Å². The second-order valence-electron chi connectivity index (χ2n) is 11.2. The summed E-state index contributed by atoms with van der Waals surface area (Å²) >= 11 is 0. The standard InChI is InChI=1S/C30H26F4N8O6/c31-18-6-5-17(15-3-1-2-4-16(15)18)29(45)35-23-7-8-47-30(23)28(46-13-24-37-39-40-38-24)26(27(44)22(12-43)48-30)42-11-21(36-41-42)14-9-19(32)25(34)20(33)10-14/h1-6,9-11,22-23,26-28,43-44H,7-8,12-13H2,(H,35,45)(H,37,38,39,40)/t22-,23-,26+,27+,28-,30+/m1/s1. The molecule has 4 heterocycles. The van der Waals surface area contributed by atoms with Gasteiger partial charge < -0.3 is 29.7 Å². The Labute approximate surface area is 267 Å². The number of H-pyrrole nitrogens is 1. The first-order valence-corrected chi connectivity index (χ1v) is 14.7. The number of fused-ring (bicyclic) bond motifs is 1. The van der Waals surface area contributed by atoms with E-state index in [1.807, 2.05) is 0 Å². The van der Waals surface area contributed by atoms with E-state index >= 15 is 0 Å². The van der Waals surface area contributed by atoms with Gasteiger partial charge in [-0.3, -0.25) is 4.79 Å². The van der Waals surface area contributed by atoms with Crippen LogP contribution in [0.5, 0.6) is 0 Å². The van der Waals surface area contributed by atoms with Gasteiger partial charge in [-0.05, 0) is 36.1 Å². The molecular formula is C30H26F4N8O6. The lowest BCUT2D eigenvalue weighted by molar-refractivity contribution is -0.354. The van der Waals surface area contributed by atoms with Gasteiger partial charge in [-0.2, -0.15) is 5.21 Å². The van der Waals surface area contributed by atoms with E-state index in [4.69, 9.17) is 14.2 Å². The average Bonchev–Trinajstić information content (AvgIpc) is 3.87. The predicted molar refractivity (Wildman–Crippen MR) is 154 cm³/mol. The van der Waals surface area contributed by atoms with Gasteiger partial charge in [-0.25, -0.2) is 22.2 Å². The Balaban J connectivity index is 1.28. The third-order valence-electron chi connectivity index (χ3n) is 8.47. The molecule has 250 valence electrons. The van der Waals surface area contributed by atoms with Crippen LogP contribution in [0.2, 0.25) is 0 Å². The van der Waals surface area contributed by atoms with Gasteiger partial charge in [-0.1, -0.05) is 34.7 Å². The van der Waals surface area contributed by atoms with E-state index in [1.54, 1.807) is 24.3 Å². The second kappa shape index (κ2) is 12.6. The monoisotopic (exact) mass is 670 g/mol. The number of hydrogen-bond acceptors (Lipinski definition) is 11. The van der Waals surface area contributed by atoms with Crippen LogP contribution < -0.4 is 5.32 Å². The maximum absolute atomic E-state index is 14.5. The number of aromatic amines is 1. The molecule has 2 aliphatic rings. The maximum Gasteiger partial charge on any atom is 0.252 e. The van der Waals surface area contributed by atoms with E-state index in [9.17, 15) is 32.6 Å². The maximum atomic E-state index is 14.5. The summed E-state index contributed by atoms with van der Waals surface area (Å²) in [4.78, 5) is 13.8. The highest BCUT2D eigenvalue weighted by Gasteiger charge is 2.63. The number of benzene rings is 3. The molecule has 0 radical (unpaired) electrons. The van der Waals surface area contributed by atoms with Crippen molar-refractivity contribution < 1.29 is 46.8 Å². The second-order valence-corrected chi connectivity index (χ2v) is 11.2. The number of carbonyl (C=O) groups excluding carboxylic acids is 1. The highest BCUT2D eigenvalue weighted by atomic mass is 19.2. The molecule has 2 fully saturated rings. The molecule has 1 amide bonds. The van der Waals surface area contributed by atoms with Crippen LogP contribution in [0.4, 0.5) is 17.6 Å². The van der Waals surface area contributed by atoms with Gasteiger partial charge in [0.1, 0.15) is 42.5 Å². The topological polar surface area (TPSA) is 182 Å². The Hall–Kier alpha value is -4.88. The molecule has 0 unspecified atom stereocenters. The first-order chi connectivity index (χ1) is 23.2. The lowest BCUT2D eigenvalue weighted by Gasteiger charge is -2.51. The van der Waals surface area contributed by atoms with E-state index in [0.29, 0.717) is 5.39 Å². The molecule has 4 N–H and O–H groups in total. The zero-order valence-electron chi connectivity index (χ0n) is 24.6. The molecule has 2 aliphatic heterocycles. The smallest absolute Gasteiger partial charge is 0.252 e. The zero-order chi connectivity index (χ0) is 33.6. The van der Waals surface area contributed by atoms with Crippen molar-refractivity contribution in [2.75, 3.05) is 13.2 Å². The highest BCUT2D eigenvalue weighted by Crippen LogP contribution is 2.45. The van der Waals surface area contributed by atoms with Gasteiger partial charge in [0, 0.05) is 16.5 Å². The minimum absolute atomic E-state index is 0.0366. The first kappa shape index (κ1) is 31.7. The number of aliphatic hydroxyl groups excluding tert-OH is 2. The van der Waals surface area contributed by atoms with Crippen LogP contribution in [0.25, 0.3) is 22.0 Å². The number of carbonyl (C=O) groups is 1. The number of nitrogens with one attached hydrogen (secondary N) is 2. The van der Waals surface area contributed by atoms with Gasteiger partial charge in [0.25, 0.3) is 5.91 Å². The minimum Gasteiger partial charge on any atom is -0.394 e. The fourth-order valence-electron chi connectivity index (χ4n) is 6.24. The van der Waals surface area contributed by atoms with Crippen LogP contribution in [-0.4, -0.2) is 95.1 Å². The van der Waals surface area contributed by atoms with Crippen molar-refractivity contribution in [1.29, 1.82) is 0 Å². The van der Waals surface area contributed by atoms with Crippen molar-refractivity contribution in [3.8, 4) is 11.3 Å². The van der Waals surface area contributed by atoms with Gasteiger partial charge in [0.15, 0.2) is 23.3 Å². The molecule has 5 aromatic rings. The number of rotatable bonds is 8. The fourth-order valence-corrected chi connectivity index (χ4v) is 6.24. The number of ether oxygens (including phenoxy) is 3. The van der Waals surface area contributed by atoms with Crippen LogP contribution in [0, 0.1) is 23.3 Å². The molecule has 0 saturated carbocycles. The van der Waals surface area contributed by atoms with E-state index in [2.05, 4.69) is 36.3 Å². The summed E-state index contributed by atoms with van der Waals surface area (Å²) < 4.78 is 76.1. The quantitative estimate of drug-likeness (QED) is 0.140. The Kier molecular flexibility index (Phi) is 8.34. The summed E-state index contributed by atoms with van der Waals surface area (Å²) in [5.41, 5.74) is -0.0619. The van der Waals surface area contributed by atoms with Crippen molar-refractivity contribution in [3.05, 3.63) is 89.4 Å². The molecule has 0 aliphatic carbocycles. The molecule has 3 aromatic carbocycles. The van der Waals surface area contributed by atoms with Gasteiger partial charge in [0.2, 0.25) is 5.79 Å². The summed E-state index contributed by atoms with van der Waals surface area (Å²) in [6.45, 7) is -0.976. The first-order valence-electron chi connectivity index (χ1n) is 14.7. The molecular weight excluding hydrogens is 644 g/mol. The number of aromatic nitrogens is 7.